The van der Waals surface area contributed by atoms with E-state index in [-0.39, 0.29) is 19.0 Å². The summed E-state index contributed by atoms with van der Waals surface area (Å²) in [6, 6.07) is 7.69. The number of carbonyl (C=O) groups is 2. The second-order valence-corrected chi connectivity index (χ2v) is 10.3. The number of ether oxygens (including phenoxy) is 1. The first-order chi connectivity index (χ1) is 16.9. The molecule has 0 saturated heterocycles. The van der Waals surface area contributed by atoms with Crippen molar-refractivity contribution < 1.29 is 14.3 Å². The van der Waals surface area contributed by atoms with Crippen LogP contribution in [-0.4, -0.2) is 62.6 Å². The van der Waals surface area contributed by atoms with Crippen molar-refractivity contribution in [2.75, 3.05) is 20.1 Å². The largest absolute Gasteiger partial charge is 0.444 e. The van der Waals surface area contributed by atoms with Crippen molar-refractivity contribution in [1.82, 2.24) is 30.2 Å². The molecule has 0 atom stereocenters. The predicted molar refractivity (Wildman–Crippen MR) is 140 cm³/mol. The number of amides is 2. The number of benzene rings is 1. The number of nitrogens with two attached hydrogens (primary N) is 2. The van der Waals surface area contributed by atoms with Gasteiger partial charge in [0.25, 0.3) is 5.91 Å². The predicted octanol–water partition coefficient (Wildman–Crippen LogP) is 2.72. The maximum absolute atomic E-state index is 12.9. The Kier molecular flexibility index (Phi) is 8.53. The number of aromatic amines is 1. The maximum Gasteiger partial charge on any atom is 0.410 e. The number of H-pyrrole nitrogens is 1. The number of hydrazine groups is 1. The van der Waals surface area contributed by atoms with Gasteiger partial charge in [0.2, 0.25) is 0 Å². The topological polar surface area (TPSA) is 155 Å². The molecule has 2 aromatic heterocycles. The molecule has 11 nitrogen and oxygen atoms in total. The zero-order valence-corrected chi connectivity index (χ0v) is 22.1. The van der Waals surface area contributed by atoms with E-state index < -0.39 is 11.7 Å². The van der Waals surface area contributed by atoms with Crippen molar-refractivity contribution in [2.45, 2.75) is 46.3 Å². The number of thiazole rings is 1. The number of para-hydroxylation sites is 2. The van der Waals surface area contributed by atoms with Crippen molar-refractivity contribution in [2.24, 2.45) is 11.6 Å². The van der Waals surface area contributed by atoms with Crippen LogP contribution < -0.4 is 16.9 Å². The molecule has 2 heterocycles. The zero-order chi connectivity index (χ0) is 26.5. The molecule has 12 heteroatoms. The molecule has 0 aliphatic rings. The molecule has 6 N–H and O–H groups in total. The highest BCUT2D eigenvalue weighted by Gasteiger charge is 2.24. The highest BCUT2D eigenvalue weighted by Crippen LogP contribution is 2.17. The highest BCUT2D eigenvalue weighted by molar-refractivity contribution is 7.09. The minimum absolute atomic E-state index is 0.156. The highest BCUT2D eigenvalue weighted by atomic mass is 32.1. The summed E-state index contributed by atoms with van der Waals surface area (Å²) in [4.78, 5) is 39.3. The summed E-state index contributed by atoms with van der Waals surface area (Å²) < 4.78 is 5.60. The van der Waals surface area contributed by atoms with E-state index in [4.69, 9.17) is 16.3 Å². The van der Waals surface area contributed by atoms with E-state index in [2.05, 4.69) is 20.3 Å². The lowest BCUT2D eigenvalue weighted by molar-refractivity contribution is 0.0231. The van der Waals surface area contributed by atoms with Crippen molar-refractivity contribution in [1.29, 1.82) is 0 Å². The fraction of sp³-hybridized carbons (Fsp3) is 0.417. The summed E-state index contributed by atoms with van der Waals surface area (Å²) >= 11 is 1.35. The number of fused-ring (bicyclic) bond motifs is 1. The Bertz CT molecular complexity index is 1210. The molecule has 0 fully saturated rings. The Morgan fingerprint density at radius 3 is 2.61 bits per heavy atom. The molecule has 0 unspecified atom stereocenters. The van der Waals surface area contributed by atoms with Crippen molar-refractivity contribution in [3.63, 3.8) is 0 Å². The molecular formula is C24H34N8O3S. The van der Waals surface area contributed by atoms with E-state index in [0.717, 1.165) is 16.0 Å². The fourth-order valence-corrected chi connectivity index (χ4v) is 3.97. The Morgan fingerprint density at radius 1 is 1.22 bits per heavy atom. The molecule has 3 aromatic rings. The van der Waals surface area contributed by atoms with Crippen LogP contribution in [-0.2, 0) is 17.7 Å². The molecule has 0 aliphatic carbocycles. The first-order valence-electron chi connectivity index (χ1n) is 11.5. The second-order valence-electron chi connectivity index (χ2n) is 9.38. The fourth-order valence-electron chi connectivity index (χ4n) is 3.20. The van der Waals surface area contributed by atoms with Gasteiger partial charge in [0, 0.05) is 36.8 Å². The van der Waals surface area contributed by atoms with Crippen molar-refractivity contribution in [3.05, 3.63) is 57.6 Å². The van der Waals surface area contributed by atoms with Crippen molar-refractivity contribution in [3.8, 4) is 0 Å². The quantitative estimate of drug-likeness (QED) is 0.251. The van der Waals surface area contributed by atoms with Crippen LogP contribution in [0, 0.1) is 0 Å². The van der Waals surface area contributed by atoms with E-state index in [1.54, 1.807) is 24.3 Å². The van der Waals surface area contributed by atoms with Crippen LogP contribution in [0.1, 0.15) is 49.0 Å². The Balaban J connectivity index is 1.66. The van der Waals surface area contributed by atoms with Crippen LogP contribution >= 0.6 is 11.3 Å². The van der Waals surface area contributed by atoms with Gasteiger partial charge in [-0.3, -0.25) is 4.79 Å². The molecule has 36 heavy (non-hydrogen) atoms. The third-order valence-electron chi connectivity index (χ3n) is 5.24. The third kappa shape index (κ3) is 7.43. The minimum atomic E-state index is -0.636. The van der Waals surface area contributed by atoms with Gasteiger partial charge in [0.15, 0.2) is 0 Å². The van der Waals surface area contributed by atoms with E-state index in [1.807, 2.05) is 45.0 Å². The first-order valence-corrected chi connectivity index (χ1v) is 12.4. The van der Waals surface area contributed by atoms with Gasteiger partial charge in [-0.25, -0.2) is 20.6 Å². The molecule has 0 saturated carbocycles. The van der Waals surface area contributed by atoms with E-state index in [1.165, 1.54) is 16.3 Å². The number of allylic oxidation sites excluding steroid dienone is 1. The Hall–Kier alpha value is -3.64. The monoisotopic (exact) mass is 514 g/mol. The lowest BCUT2D eigenvalue weighted by atomic mass is 10.2. The summed E-state index contributed by atoms with van der Waals surface area (Å²) in [5.41, 5.74) is 8.47. The van der Waals surface area contributed by atoms with E-state index in [0.29, 0.717) is 35.9 Å². The molecule has 3 rings (SSSR count). The molecule has 1 aromatic carbocycles. The molecule has 2 amide bonds. The van der Waals surface area contributed by atoms with Gasteiger partial charge < -0.3 is 30.7 Å². The first kappa shape index (κ1) is 27.0. The third-order valence-corrected chi connectivity index (χ3v) is 6.15. The number of imidazole rings is 1. The lowest BCUT2D eigenvalue weighted by Gasteiger charge is -2.26. The van der Waals surface area contributed by atoms with Gasteiger partial charge >= 0.3 is 6.09 Å². The van der Waals surface area contributed by atoms with Gasteiger partial charge in [-0.05, 0) is 39.8 Å². The summed E-state index contributed by atoms with van der Waals surface area (Å²) in [5, 5.41) is 6.54. The SMILES string of the molecule is C/C(=C(/N)CNC(=O)c1csc(CCN(Cc2nc3ccccc3[nH]2)C(=O)OC(C)(C)C)n1)N(C)N. The molecule has 0 aliphatic heterocycles. The Morgan fingerprint density at radius 2 is 1.94 bits per heavy atom. The molecule has 0 spiro atoms. The van der Waals surface area contributed by atoms with Crippen molar-refractivity contribution >= 4 is 34.4 Å². The summed E-state index contributed by atoms with van der Waals surface area (Å²) in [6.07, 6.45) is 0.0104. The Labute approximate surface area is 214 Å². The zero-order valence-electron chi connectivity index (χ0n) is 21.3. The van der Waals surface area contributed by atoms with Crippen LogP contribution in [0.4, 0.5) is 4.79 Å². The number of nitrogens with zero attached hydrogens (tertiary/aromatic N) is 4. The summed E-state index contributed by atoms with van der Waals surface area (Å²) in [6.45, 7) is 8.00. The van der Waals surface area contributed by atoms with Gasteiger partial charge in [-0.2, -0.15) is 0 Å². The van der Waals surface area contributed by atoms with Crippen LogP contribution in [0.5, 0.6) is 0 Å². The average Bonchev–Trinajstić information content (AvgIpc) is 3.44. The molecular weight excluding hydrogens is 480 g/mol. The van der Waals surface area contributed by atoms with Gasteiger partial charge in [0.05, 0.1) is 29.1 Å². The van der Waals surface area contributed by atoms with Gasteiger partial charge in [0.1, 0.15) is 17.1 Å². The van der Waals surface area contributed by atoms with Crippen LogP contribution in [0.15, 0.2) is 41.0 Å². The molecule has 194 valence electrons. The number of hydrogen-bond donors (Lipinski definition) is 4. The maximum atomic E-state index is 12.9. The van der Waals surface area contributed by atoms with E-state index in [9.17, 15) is 9.59 Å². The summed E-state index contributed by atoms with van der Waals surface area (Å²) in [5.74, 6) is 5.99. The number of aromatic nitrogens is 3. The minimum Gasteiger partial charge on any atom is -0.444 e. The van der Waals surface area contributed by atoms with Crippen LogP contribution in [0.25, 0.3) is 11.0 Å². The average molecular weight is 515 g/mol. The summed E-state index contributed by atoms with van der Waals surface area (Å²) in [7, 11) is 1.67. The van der Waals surface area contributed by atoms with Gasteiger partial charge in [-0.1, -0.05) is 12.1 Å². The smallest absolute Gasteiger partial charge is 0.410 e. The second kappa shape index (κ2) is 11.4. The number of nitrogens with one attached hydrogen (secondary N) is 2. The standard InChI is InChI=1S/C24H34N8O3S/c1-15(31(5)26)16(25)12-27-22(33)19-14-36-21(30-19)10-11-32(23(34)35-24(2,3)4)13-20-28-17-8-6-7-9-18(17)29-20/h6-9,14H,10-13,25-26H2,1-5H3,(H,27,33)(H,28,29)/b16-15-. The normalized spacial score (nSPS) is 12.3. The van der Waals surface area contributed by atoms with Crippen LogP contribution in [0.3, 0.4) is 0 Å². The number of rotatable bonds is 9. The van der Waals surface area contributed by atoms with E-state index >= 15 is 0 Å². The van der Waals surface area contributed by atoms with Gasteiger partial charge in [-0.15, -0.1) is 11.3 Å². The van der Waals surface area contributed by atoms with Crippen LogP contribution in [0.2, 0.25) is 0 Å². The lowest BCUT2D eigenvalue weighted by Crippen LogP contribution is -2.38. The molecule has 0 bridgehead atoms. The molecule has 0 radical (unpaired) electrons. The number of hydrogen-bond acceptors (Lipinski definition) is 9. The number of carbonyl (C=O) groups excluding carboxylic acids is 2.